The fourth-order valence-corrected chi connectivity index (χ4v) is 8.10. The van der Waals surface area contributed by atoms with Crippen LogP contribution in [0.3, 0.4) is 0 Å². The summed E-state index contributed by atoms with van der Waals surface area (Å²) in [7, 11) is 0.248. The average Bonchev–Trinajstić information content (AvgIpc) is 1.59. The zero-order valence-corrected chi connectivity index (χ0v) is 10.2. The molecular weight excluding hydrogens is 158 g/mol. The van der Waals surface area contributed by atoms with Crippen molar-refractivity contribution < 1.29 is 0 Å². The summed E-state index contributed by atoms with van der Waals surface area (Å²) in [6.45, 7) is 16.3. The highest BCUT2D eigenvalue weighted by molar-refractivity contribution is 8.38. The molecule has 1 atom stereocenters. The summed E-state index contributed by atoms with van der Waals surface area (Å²) >= 11 is 0. The molecule has 0 aromatic heterocycles. The third-order valence-corrected chi connectivity index (χ3v) is 12.8. The minimum atomic E-state index is -0.563. The zero-order chi connectivity index (χ0) is 8.58. The van der Waals surface area contributed by atoms with E-state index >= 15 is 0 Å². The van der Waals surface area contributed by atoms with E-state index in [1.54, 1.807) is 0 Å². The minimum Gasteiger partial charge on any atom is -0.0528 e. The Hall–Kier alpha value is 0.860. The first kappa shape index (κ1) is 10.9. The van der Waals surface area contributed by atoms with Crippen LogP contribution in [0.25, 0.3) is 0 Å². The van der Waals surface area contributed by atoms with Crippen molar-refractivity contribution >= 4 is 14.6 Å². The van der Waals surface area contributed by atoms with Gasteiger partial charge >= 0.3 is 0 Å². The number of hydrogen-bond acceptors (Lipinski definition) is 0. The molecule has 0 spiro atoms. The predicted octanol–water partition coefficient (Wildman–Crippen LogP) is 3.72. The zero-order valence-electron chi connectivity index (χ0n) is 8.39. The SMILES string of the molecule is CP(C(C)(C)C)[P+](C)(C)C. The van der Waals surface area contributed by atoms with Gasteiger partial charge in [0.05, 0.1) is 27.6 Å². The third kappa shape index (κ3) is 3.31. The Kier molecular flexibility index (Phi) is 3.34. The second kappa shape index (κ2) is 3.08. The van der Waals surface area contributed by atoms with Crippen molar-refractivity contribution in [3.05, 3.63) is 0 Å². The van der Waals surface area contributed by atoms with Gasteiger partial charge in [-0.15, -0.1) is 0 Å². The molecule has 0 saturated heterocycles. The van der Waals surface area contributed by atoms with Crippen molar-refractivity contribution in [1.29, 1.82) is 0 Å². The monoisotopic (exact) mass is 179 g/mol. The maximum absolute atomic E-state index is 2.45. The first-order valence-electron chi connectivity index (χ1n) is 3.71. The Labute approximate surface area is 67.8 Å². The van der Waals surface area contributed by atoms with Crippen LogP contribution in [0.5, 0.6) is 0 Å². The van der Waals surface area contributed by atoms with Crippen LogP contribution in [0.4, 0.5) is 0 Å². The first-order valence-corrected chi connectivity index (χ1v) is 9.34. The Bertz CT molecular complexity index is 91.4. The summed E-state index contributed by atoms with van der Waals surface area (Å²) in [5.74, 6) is 0. The lowest BCUT2D eigenvalue weighted by Crippen LogP contribution is -2.11. The quantitative estimate of drug-likeness (QED) is 0.538. The molecule has 0 bridgehead atoms. The van der Waals surface area contributed by atoms with E-state index in [1.807, 2.05) is 0 Å². The van der Waals surface area contributed by atoms with E-state index in [0.29, 0.717) is 5.16 Å². The van der Waals surface area contributed by atoms with Gasteiger partial charge in [0.25, 0.3) is 0 Å². The van der Waals surface area contributed by atoms with Crippen molar-refractivity contribution in [2.45, 2.75) is 25.9 Å². The Morgan fingerprint density at radius 1 is 1.00 bits per heavy atom. The molecular formula is C8H21P2+. The summed E-state index contributed by atoms with van der Waals surface area (Å²) in [4.78, 5) is 0. The van der Waals surface area contributed by atoms with Crippen LogP contribution >= 0.6 is 14.6 Å². The molecule has 1 unspecified atom stereocenters. The standard InChI is InChI=1S/C8H21P2/c1-8(2,3)9(4)10(5,6)7/h1-7H3/q+1. The molecule has 0 rings (SSSR count). The Morgan fingerprint density at radius 2 is 1.30 bits per heavy atom. The lowest BCUT2D eigenvalue weighted by molar-refractivity contribution is 0.793. The lowest BCUT2D eigenvalue weighted by Gasteiger charge is -2.31. The van der Waals surface area contributed by atoms with Gasteiger partial charge in [-0.1, -0.05) is 20.8 Å². The largest absolute Gasteiger partial charge is 0.0570 e. The normalized spacial score (nSPS) is 17.1. The average molecular weight is 179 g/mol. The van der Waals surface area contributed by atoms with Gasteiger partial charge in [-0.25, -0.2) is 0 Å². The highest BCUT2D eigenvalue weighted by Crippen LogP contribution is 2.80. The molecule has 0 nitrogen and oxygen atoms in total. The summed E-state index contributed by atoms with van der Waals surface area (Å²) < 4.78 is 0. The van der Waals surface area contributed by atoms with E-state index in [4.69, 9.17) is 0 Å². The van der Waals surface area contributed by atoms with Crippen LogP contribution in [-0.4, -0.2) is 31.8 Å². The molecule has 0 fully saturated rings. The molecule has 0 aromatic rings. The van der Waals surface area contributed by atoms with Crippen LogP contribution in [0, 0.1) is 0 Å². The van der Waals surface area contributed by atoms with Crippen molar-refractivity contribution in [1.82, 2.24) is 0 Å². The van der Waals surface area contributed by atoms with Crippen molar-refractivity contribution in [2.24, 2.45) is 0 Å². The van der Waals surface area contributed by atoms with E-state index in [9.17, 15) is 0 Å². The minimum absolute atomic E-state index is 0.248. The summed E-state index contributed by atoms with van der Waals surface area (Å²) in [6, 6.07) is 0. The van der Waals surface area contributed by atoms with Crippen molar-refractivity contribution in [3.8, 4) is 0 Å². The highest BCUT2D eigenvalue weighted by Gasteiger charge is 2.36. The van der Waals surface area contributed by atoms with Crippen molar-refractivity contribution in [3.63, 3.8) is 0 Å². The van der Waals surface area contributed by atoms with Gasteiger partial charge in [0.15, 0.2) is 0 Å². The van der Waals surface area contributed by atoms with Crippen LogP contribution in [0.15, 0.2) is 0 Å². The summed E-state index contributed by atoms with van der Waals surface area (Å²) in [6.07, 6.45) is 0. The smallest absolute Gasteiger partial charge is 0.0528 e. The molecule has 0 aliphatic carbocycles. The van der Waals surface area contributed by atoms with E-state index in [-0.39, 0.29) is 7.61 Å². The topological polar surface area (TPSA) is 0 Å². The first-order chi connectivity index (χ1) is 4.15. The number of hydrogen-bond donors (Lipinski definition) is 0. The molecule has 10 heavy (non-hydrogen) atoms. The Balaban J connectivity index is 4.23. The second-order valence-electron chi connectivity index (χ2n) is 4.64. The van der Waals surface area contributed by atoms with Gasteiger partial charge in [-0.05, 0) is 6.66 Å². The second-order valence-corrected chi connectivity index (χ2v) is 16.3. The van der Waals surface area contributed by atoms with Gasteiger partial charge in [-0.3, -0.25) is 0 Å². The van der Waals surface area contributed by atoms with Gasteiger partial charge in [0.2, 0.25) is 0 Å². The lowest BCUT2D eigenvalue weighted by atomic mass is 10.3. The van der Waals surface area contributed by atoms with Crippen LogP contribution in [0.2, 0.25) is 0 Å². The van der Waals surface area contributed by atoms with Gasteiger partial charge in [0.1, 0.15) is 0 Å². The third-order valence-electron chi connectivity index (χ3n) is 1.87. The predicted molar refractivity (Wildman–Crippen MR) is 57.3 cm³/mol. The maximum atomic E-state index is 2.45. The van der Waals surface area contributed by atoms with E-state index in [0.717, 1.165) is 0 Å². The van der Waals surface area contributed by atoms with E-state index in [1.165, 1.54) is 0 Å². The van der Waals surface area contributed by atoms with Crippen molar-refractivity contribution in [2.75, 3.05) is 26.7 Å². The molecule has 0 aliphatic heterocycles. The summed E-state index contributed by atoms with van der Waals surface area (Å²) in [5.41, 5.74) is 0. The molecule has 0 amide bonds. The molecule has 0 aromatic carbocycles. The molecule has 0 N–H and O–H groups in total. The van der Waals surface area contributed by atoms with E-state index < -0.39 is 6.95 Å². The molecule has 0 heterocycles. The van der Waals surface area contributed by atoms with Crippen LogP contribution in [0.1, 0.15) is 20.8 Å². The van der Waals surface area contributed by atoms with Crippen LogP contribution < -0.4 is 0 Å². The summed E-state index contributed by atoms with van der Waals surface area (Å²) in [5, 5.41) is 0.557. The maximum Gasteiger partial charge on any atom is 0.0570 e. The Morgan fingerprint density at radius 3 is 1.30 bits per heavy atom. The van der Waals surface area contributed by atoms with Gasteiger partial charge in [0, 0.05) is 12.1 Å². The van der Waals surface area contributed by atoms with Gasteiger partial charge in [-0.2, -0.15) is 0 Å². The molecule has 0 saturated carbocycles. The van der Waals surface area contributed by atoms with Gasteiger partial charge < -0.3 is 0 Å². The van der Waals surface area contributed by atoms with Crippen LogP contribution in [-0.2, 0) is 0 Å². The molecule has 0 radical (unpaired) electrons. The molecule has 0 aliphatic rings. The van der Waals surface area contributed by atoms with E-state index in [2.05, 4.69) is 47.4 Å². The molecule has 62 valence electrons. The number of rotatable bonds is 1. The fourth-order valence-electron chi connectivity index (χ4n) is 0.900. The highest BCUT2D eigenvalue weighted by atomic mass is 32.1. The fraction of sp³-hybridized carbons (Fsp3) is 1.00. The molecule has 2 heteroatoms.